The molecule has 3 unspecified atom stereocenters. The van der Waals surface area contributed by atoms with Crippen LogP contribution in [-0.2, 0) is 0 Å². The lowest BCUT2D eigenvalue weighted by Gasteiger charge is -2.48. The van der Waals surface area contributed by atoms with Crippen molar-refractivity contribution >= 4 is 5.69 Å². The Morgan fingerprint density at radius 1 is 1.00 bits per heavy atom. The van der Waals surface area contributed by atoms with Gasteiger partial charge in [-0.3, -0.25) is 0 Å². The van der Waals surface area contributed by atoms with Crippen LogP contribution in [0.1, 0.15) is 44.9 Å². The molecular formula is C16H20F3NO. The highest BCUT2D eigenvalue weighted by molar-refractivity contribution is 5.47. The van der Waals surface area contributed by atoms with Crippen LogP contribution in [-0.4, -0.2) is 16.7 Å². The summed E-state index contributed by atoms with van der Waals surface area (Å²) in [6.07, 6.45) is 5.99. The number of fused-ring (bicyclic) bond motifs is 1. The molecule has 1 aromatic carbocycles. The Balaban J connectivity index is 1.84. The summed E-state index contributed by atoms with van der Waals surface area (Å²) in [6, 6.07) is 1.20. The molecule has 2 aliphatic rings. The number of rotatable bonds is 2. The number of halogens is 3. The lowest BCUT2D eigenvalue weighted by Crippen LogP contribution is -2.52. The van der Waals surface area contributed by atoms with Gasteiger partial charge in [0.15, 0.2) is 11.6 Å². The summed E-state index contributed by atoms with van der Waals surface area (Å²) in [5.74, 6) is -2.76. The molecule has 0 heterocycles. The average molecular weight is 299 g/mol. The largest absolute Gasteiger partial charge is 0.390 e. The van der Waals surface area contributed by atoms with Crippen molar-refractivity contribution in [3.8, 4) is 0 Å². The molecule has 0 spiro atoms. The van der Waals surface area contributed by atoms with Gasteiger partial charge >= 0.3 is 0 Å². The molecule has 3 rings (SSSR count). The van der Waals surface area contributed by atoms with Crippen molar-refractivity contribution in [2.75, 3.05) is 5.32 Å². The first-order valence-electron chi connectivity index (χ1n) is 7.63. The SMILES string of the molecule is OC12CCCCC1C(Nc1c(F)cc(F)cc1F)CCC2. The Hall–Kier alpha value is -1.23. The molecule has 1 aromatic rings. The molecule has 0 aromatic heterocycles. The van der Waals surface area contributed by atoms with E-state index in [4.69, 9.17) is 0 Å². The third-order valence-electron chi connectivity index (χ3n) is 5.01. The zero-order chi connectivity index (χ0) is 15.0. The van der Waals surface area contributed by atoms with Crippen LogP contribution < -0.4 is 5.32 Å². The molecule has 3 atom stereocenters. The van der Waals surface area contributed by atoms with E-state index >= 15 is 0 Å². The van der Waals surface area contributed by atoms with Gasteiger partial charge in [0.1, 0.15) is 11.5 Å². The van der Waals surface area contributed by atoms with E-state index in [2.05, 4.69) is 5.32 Å². The fraction of sp³-hybridized carbons (Fsp3) is 0.625. The van der Waals surface area contributed by atoms with Gasteiger partial charge in [-0.2, -0.15) is 0 Å². The van der Waals surface area contributed by atoms with Gasteiger partial charge in [0.05, 0.1) is 5.60 Å². The van der Waals surface area contributed by atoms with Crippen molar-refractivity contribution in [3.05, 3.63) is 29.6 Å². The lowest BCUT2D eigenvalue weighted by atomic mass is 9.65. The molecule has 0 amide bonds. The fourth-order valence-electron chi connectivity index (χ4n) is 4.00. The Labute approximate surface area is 122 Å². The molecule has 2 saturated carbocycles. The topological polar surface area (TPSA) is 32.3 Å². The van der Waals surface area contributed by atoms with Crippen molar-refractivity contribution in [2.45, 2.75) is 56.6 Å². The summed E-state index contributed by atoms with van der Waals surface area (Å²) in [5.41, 5.74) is -1.00. The second-order valence-electron chi connectivity index (χ2n) is 6.34. The number of hydrogen-bond acceptors (Lipinski definition) is 2. The van der Waals surface area contributed by atoms with Crippen LogP contribution in [0.4, 0.5) is 18.9 Å². The van der Waals surface area contributed by atoms with E-state index in [1.54, 1.807) is 0 Å². The zero-order valence-electron chi connectivity index (χ0n) is 11.8. The van der Waals surface area contributed by atoms with E-state index in [9.17, 15) is 18.3 Å². The summed E-state index contributed by atoms with van der Waals surface area (Å²) >= 11 is 0. The Morgan fingerprint density at radius 2 is 1.67 bits per heavy atom. The maximum atomic E-state index is 13.8. The molecule has 116 valence electrons. The van der Waals surface area contributed by atoms with Gasteiger partial charge < -0.3 is 10.4 Å². The molecule has 21 heavy (non-hydrogen) atoms. The average Bonchev–Trinajstić information content (AvgIpc) is 2.42. The third-order valence-corrected chi connectivity index (χ3v) is 5.01. The quantitative estimate of drug-likeness (QED) is 0.865. The van der Waals surface area contributed by atoms with E-state index in [0.717, 1.165) is 44.9 Å². The highest BCUT2D eigenvalue weighted by atomic mass is 19.1. The van der Waals surface area contributed by atoms with Crippen LogP contribution in [0.15, 0.2) is 12.1 Å². The summed E-state index contributed by atoms with van der Waals surface area (Å²) in [7, 11) is 0. The Bertz CT molecular complexity index is 509. The fourth-order valence-corrected chi connectivity index (χ4v) is 4.00. The lowest BCUT2D eigenvalue weighted by molar-refractivity contribution is -0.0794. The zero-order valence-corrected chi connectivity index (χ0v) is 11.8. The first kappa shape index (κ1) is 14.7. The molecule has 2 fully saturated rings. The van der Waals surface area contributed by atoms with Crippen LogP contribution in [0.2, 0.25) is 0 Å². The second kappa shape index (κ2) is 5.52. The van der Waals surface area contributed by atoms with Crippen LogP contribution in [0.25, 0.3) is 0 Å². The highest BCUT2D eigenvalue weighted by Crippen LogP contribution is 2.45. The van der Waals surface area contributed by atoms with Gasteiger partial charge in [-0.1, -0.05) is 12.8 Å². The molecule has 0 radical (unpaired) electrons. The number of anilines is 1. The first-order valence-corrected chi connectivity index (χ1v) is 7.63. The number of benzene rings is 1. The van der Waals surface area contributed by atoms with E-state index in [0.29, 0.717) is 12.1 Å². The molecule has 0 aliphatic heterocycles. The van der Waals surface area contributed by atoms with Gasteiger partial charge in [0.25, 0.3) is 0 Å². The van der Waals surface area contributed by atoms with Crippen molar-refractivity contribution in [1.29, 1.82) is 0 Å². The molecule has 0 bridgehead atoms. The predicted octanol–water partition coefficient (Wildman–Crippen LogP) is 3.99. The minimum Gasteiger partial charge on any atom is -0.390 e. The van der Waals surface area contributed by atoms with E-state index < -0.39 is 23.1 Å². The van der Waals surface area contributed by atoms with Crippen LogP contribution in [0.5, 0.6) is 0 Å². The molecule has 0 saturated heterocycles. The van der Waals surface area contributed by atoms with Gasteiger partial charge in [-0.15, -0.1) is 0 Å². The first-order chi connectivity index (χ1) is 9.99. The summed E-state index contributed by atoms with van der Waals surface area (Å²) < 4.78 is 40.5. The van der Waals surface area contributed by atoms with Crippen LogP contribution in [0.3, 0.4) is 0 Å². The Morgan fingerprint density at radius 3 is 2.38 bits per heavy atom. The van der Waals surface area contributed by atoms with Crippen molar-refractivity contribution < 1.29 is 18.3 Å². The summed E-state index contributed by atoms with van der Waals surface area (Å²) in [5, 5.41) is 13.6. The molecule has 2 N–H and O–H groups in total. The van der Waals surface area contributed by atoms with Crippen LogP contribution >= 0.6 is 0 Å². The van der Waals surface area contributed by atoms with Gasteiger partial charge in [-0.25, -0.2) is 13.2 Å². The number of aliphatic hydroxyl groups is 1. The normalized spacial score (nSPS) is 32.6. The number of hydrogen-bond donors (Lipinski definition) is 2. The highest BCUT2D eigenvalue weighted by Gasteiger charge is 2.45. The van der Waals surface area contributed by atoms with E-state index in [-0.39, 0.29) is 17.6 Å². The molecule has 2 aliphatic carbocycles. The van der Waals surface area contributed by atoms with Crippen molar-refractivity contribution in [1.82, 2.24) is 0 Å². The van der Waals surface area contributed by atoms with Gasteiger partial charge in [-0.05, 0) is 32.1 Å². The van der Waals surface area contributed by atoms with E-state index in [1.807, 2.05) is 0 Å². The standard InChI is InChI=1S/C16H20F3NO/c17-10-8-12(18)15(13(19)9-10)20-14-5-3-7-16(21)6-2-1-4-11(14)16/h8-9,11,14,20-21H,1-7H2. The van der Waals surface area contributed by atoms with Crippen LogP contribution in [0, 0.1) is 23.4 Å². The Kier molecular flexibility index (Phi) is 3.86. The predicted molar refractivity (Wildman–Crippen MR) is 74.5 cm³/mol. The number of nitrogens with one attached hydrogen (secondary N) is 1. The van der Waals surface area contributed by atoms with Crippen molar-refractivity contribution in [2.24, 2.45) is 5.92 Å². The molecule has 5 heteroatoms. The maximum Gasteiger partial charge on any atom is 0.152 e. The third kappa shape index (κ3) is 2.76. The summed E-state index contributed by atoms with van der Waals surface area (Å²) in [4.78, 5) is 0. The van der Waals surface area contributed by atoms with E-state index in [1.165, 1.54) is 0 Å². The minimum absolute atomic E-state index is 0.00357. The molecule has 2 nitrogen and oxygen atoms in total. The van der Waals surface area contributed by atoms with Gasteiger partial charge in [0, 0.05) is 24.1 Å². The maximum absolute atomic E-state index is 13.8. The molecular weight excluding hydrogens is 279 g/mol. The van der Waals surface area contributed by atoms with Gasteiger partial charge in [0.2, 0.25) is 0 Å². The summed E-state index contributed by atoms with van der Waals surface area (Å²) in [6.45, 7) is 0. The monoisotopic (exact) mass is 299 g/mol. The van der Waals surface area contributed by atoms with Crippen molar-refractivity contribution in [3.63, 3.8) is 0 Å². The smallest absolute Gasteiger partial charge is 0.152 e. The second-order valence-corrected chi connectivity index (χ2v) is 6.34. The minimum atomic E-state index is -0.923.